The Morgan fingerprint density at radius 1 is 1.08 bits per heavy atom. The summed E-state index contributed by atoms with van der Waals surface area (Å²) in [5.74, 6) is -1.68. The average Bonchev–Trinajstić information content (AvgIpc) is 2.62. The zero-order valence-corrected chi connectivity index (χ0v) is 14.7. The largest absolute Gasteiger partial charge is 0.480 e. The average molecular weight is 370 g/mol. The minimum atomic E-state index is -1.08. The summed E-state index contributed by atoms with van der Waals surface area (Å²) < 4.78 is 0. The van der Waals surface area contributed by atoms with Crippen molar-refractivity contribution in [2.24, 2.45) is 0 Å². The van der Waals surface area contributed by atoms with Crippen LogP contribution in [0.4, 0.5) is 5.69 Å². The Kier molecular flexibility index (Phi) is 5.58. The van der Waals surface area contributed by atoms with Gasteiger partial charge in [0.25, 0.3) is 0 Å². The van der Waals surface area contributed by atoms with Crippen molar-refractivity contribution in [3.63, 3.8) is 0 Å². The number of hydrogen-bond donors (Lipinski definition) is 2. The molecular formula is C19H18N2O4S. The summed E-state index contributed by atoms with van der Waals surface area (Å²) in [5, 5.41) is 11.3. The number of carboxylic acids is 1. The van der Waals surface area contributed by atoms with Crippen molar-refractivity contribution in [3.8, 4) is 0 Å². The summed E-state index contributed by atoms with van der Waals surface area (Å²) in [6.45, 7) is -0.203. The number of hydrogen-bond acceptors (Lipinski definition) is 4. The maximum Gasteiger partial charge on any atom is 0.323 e. The van der Waals surface area contributed by atoms with Crippen LogP contribution in [0.15, 0.2) is 59.5 Å². The molecule has 0 radical (unpaired) electrons. The monoisotopic (exact) mass is 370 g/mol. The number of carbonyl (C=O) groups excluding carboxylic acids is 2. The summed E-state index contributed by atoms with van der Waals surface area (Å²) in [6, 6.07) is 16.6. The maximum atomic E-state index is 12.7. The molecule has 3 rings (SSSR count). The quantitative estimate of drug-likeness (QED) is 0.816. The molecule has 1 atom stereocenters. The van der Waals surface area contributed by atoms with Crippen molar-refractivity contribution in [3.05, 3.63) is 60.2 Å². The second kappa shape index (κ2) is 8.05. The highest BCUT2D eigenvalue weighted by molar-refractivity contribution is 8.01. The molecule has 7 heteroatoms. The molecule has 0 saturated heterocycles. The van der Waals surface area contributed by atoms with E-state index < -0.39 is 17.8 Å². The second-order valence-electron chi connectivity index (χ2n) is 5.93. The van der Waals surface area contributed by atoms with Gasteiger partial charge >= 0.3 is 5.97 Å². The van der Waals surface area contributed by atoms with Crippen LogP contribution < -0.4 is 5.32 Å². The first kappa shape index (κ1) is 18.0. The first-order valence-corrected chi connectivity index (χ1v) is 9.01. The Morgan fingerprint density at radius 3 is 2.50 bits per heavy atom. The highest BCUT2D eigenvalue weighted by Crippen LogP contribution is 2.36. The van der Waals surface area contributed by atoms with Gasteiger partial charge in [-0.2, -0.15) is 0 Å². The first-order chi connectivity index (χ1) is 12.5. The van der Waals surface area contributed by atoms with E-state index in [1.54, 1.807) is 0 Å². The molecule has 0 spiro atoms. The lowest BCUT2D eigenvalue weighted by molar-refractivity contribution is -0.145. The Balaban J connectivity index is 1.71. The van der Waals surface area contributed by atoms with Gasteiger partial charge in [0.1, 0.15) is 6.54 Å². The topological polar surface area (TPSA) is 86.7 Å². The minimum absolute atomic E-state index is 0.0506. The van der Waals surface area contributed by atoms with Crippen LogP contribution in [-0.4, -0.2) is 39.6 Å². The molecule has 0 aromatic heterocycles. The van der Waals surface area contributed by atoms with Crippen LogP contribution >= 0.6 is 11.8 Å². The maximum absolute atomic E-state index is 12.7. The fourth-order valence-corrected chi connectivity index (χ4v) is 3.82. The van der Waals surface area contributed by atoms with Gasteiger partial charge in [-0.05, 0) is 17.7 Å². The lowest BCUT2D eigenvalue weighted by Gasteiger charge is -2.26. The van der Waals surface area contributed by atoms with Crippen LogP contribution in [-0.2, 0) is 20.9 Å². The second-order valence-corrected chi connectivity index (χ2v) is 7.17. The van der Waals surface area contributed by atoms with Gasteiger partial charge in [0, 0.05) is 17.9 Å². The highest BCUT2D eigenvalue weighted by atomic mass is 32.2. The number of para-hydroxylation sites is 1. The van der Waals surface area contributed by atoms with Crippen LogP contribution in [0, 0.1) is 0 Å². The number of rotatable bonds is 6. The minimum Gasteiger partial charge on any atom is -0.480 e. The number of carboxylic acid groups (broad SMARTS) is 1. The van der Waals surface area contributed by atoms with Crippen molar-refractivity contribution < 1.29 is 19.5 Å². The van der Waals surface area contributed by atoms with Crippen molar-refractivity contribution >= 4 is 35.2 Å². The Labute approximate surface area is 155 Å². The summed E-state index contributed by atoms with van der Waals surface area (Å²) in [4.78, 5) is 38.3. The molecule has 0 aliphatic carbocycles. The van der Waals surface area contributed by atoms with E-state index >= 15 is 0 Å². The molecule has 134 valence electrons. The molecule has 2 N–H and O–H groups in total. The normalized spacial score (nSPS) is 15.7. The molecule has 26 heavy (non-hydrogen) atoms. The number of aliphatic carboxylic acids is 1. The summed E-state index contributed by atoms with van der Waals surface area (Å²) in [7, 11) is 0. The third-order valence-electron chi connectivity index (χ3n) is 3.96. The SMILES string of the molecule is O=C(O)CN(Cc1ccccc1)C(=O)C[C@@H]1Sc2ccccc2NC1=O. The van der Waals surface area contributed by atoms with Crippen molar-refractivity contribution in [2.45, 2.75) is 23.1 Å². The van der Waals surface area contributed by atoms with Gasteiger partial charge in [0.05, 0.1) is 10.9 Å². The van der Waals surface area contributed by atoms with E-state index in [0.717, 1.165) is 16.1 Å². The first-order valence-electron chi connectivity index (χ1n) is 8.13. The predicted octanol–water partition coefficient (Wildman–Crippen LogP) is 2.60. The van der Waals surface area contributed by atoms with E-state index in [-0.39, 0.29) is 24.8 Å². The zero-order chi connectivity index (χ0) is 18.5. The molecule has 0 saturated carbocycles. The fourth-order valence-electron chi connectivity index (χ4n) is 2.71. The number of carbonyl (C=O) groups is 3. The number of benzene rings is 2. The molecule has 2 aromatic carbocycles. The molecule has 1 heterocycles. The summed E-state index contributed by atoms with van der Waals surface area (Å²) in [6.07, 6.45) is -0.0506. The highest BCUT2D eigenvalue weighted by Gasteiger charge is 2.30. The van der Waals surface area contributed by atoms with Gasteiger partial charge in [-0.15, -0.1) is 11.8 Å². The summed E-state index contributed by atoms with van der Waals surface area (Å²) >= 11 is 1.33. The van der Waals surface area contributed by atoms with E-state index in [1.807, 2.05) is 54.6 Å². The van der Waals surface area contributed by atoms with E-state index in [0.29, 0.717) is 0 Å². The Hall–Kier alpha value is -2.80. The van der Waals surface area contributed by atoms with Crippen LogP contribution in [0.1, 0.15) is 12.0 Å². The lowest BCUT2D eigenvalue weighted by atomic mass is 10.2. The smallest absolute Gasteiger partial charge is 0.323 e. The Morgan fingerprint density at radius 2 is 1.77 bits per heavy atom. The number of anilines is 1. The van der Waals surface area contributed by atoms with E-state index in [9.17, 15) is 14.4 Å². The molecule has 0 unspecified atom stereocenters. The van der Waals surface area contributed by atoms with Crippen molar-refractivity contribution in [2.75, 3.05) is 11.9 Å². The number of amides is 2. The third-order valence-corrected chi connectivity index (χ3v) is 5.24. The Bertz CT molecular complexity index is 825. The van der Waals surface area contributed by atoms with Gasteiger partial charge in [0.15, 0.2) is 0 Å². The van der Waals surface area contributed by atoms with Crippen LogP contribution in [0.5, 0.6) is 0 Å². The number of thioether (sulfide) groups is 1. The number of nitrogens with one attached hydrogen (secondary N) is 1. The van der Waals surface area contributed by atoms with Crippen molar-refractivity contribution in [1.29, 1.82) is 0 Å². The summed E-state index contributed by atoms with van der Waals surface area (Å²) in [5.41, 5.74) is 1.58. The zero-order valence-electron chi connectivity index (χ0n) is 13.9. The van der Waals surface area contributed by atoms with Gasteiger partial charge in [-0.25, -0.2) is 0 Å². The molecular weight excluding hydrogens is 352 g/mol. The molecule has 0 fully saturated rings. The molecule has 2 aromatic rings. The molecule has 1 aliphatic heterocycles. The fraction of sp³-hybridized carbons (Fsp3) is 0.211. The van der Waals surface area contributed by atoms with Crippen LogP contribution in [0.3, 0.4) is 0 Å². The number of nitrogens with zero attached hydrogens (tertiary/aromatic N) is 1. The van der Waals surface area contributed by atoms with E-state index in [1.165, 1.54) is 16.7 Å². The number of fused-ring (bicyclic) bond motifs is 1. The lowest BCUT2D eigenvalue weighted by Crippen LogP contribution is -2.39. The van der Waals surface area contributed by atoms with Crippen LogP contribution in [0.2, 0.25) is 0 Å². The molecule has 6 nitrogen and oxygen atoms in total. The molecule has 0 bridgehead atoms. The van der Waals surface area contributed by atoms with Gasteiger partial charge in [0.2, 0.25) is 11.8 Å². The predicted molar refractivity (Wildman–Crippen MR) is 98.8 cm³/mol. The van der Waals surface area contributed by atoms with E-state index in [2.05, 4.69) is 5.32 Å². The molecule has 1 aliphatic rings. The van der Waals surface area contributed by atoms with Gasteiger partial charge in [-0.3, -0.25) is 14.4 Å². The van der Waals surface area contributed by atoms with Crippen LogP contribution in [0.25, 0.3) is 0 Å². The van der Waals surface area contributed by atoms with Gasteiger partial charge in [-0.1, -0.05) is 42.5 Å². The van der Waals surface area contributed by atoms with Crippen molar-refractivity contribution in [1.82, 2.24) is 4.90 Å². The third kappa shape index (κ3) is 4.43. The standard InChI is InChI=1S/C19H18N2O4S/c22-17(21(12-18(23)24)11-13-6-2-1-3-7-13)10-16-19(25)20-14-8-4-5-9-15(14)26-16/h1-9,16H,10-12H2,(H,20,25)(H,23,24)/t16-/m0/s1. The van der Waals surface area contributed by atoms with E-state index in [4.69, 9.17) is 5.11 Å². The molecule has 2 amide bonds. The van der Waals surface area contributed by atoms with Gasteiger partial charge < -0.3 is 15.3 Å².